The minimum Gasteiger partial charge on any atom is -0.470 e. The van der Waals surface area contributed by atoms with Gasteiger partial charge in [0.1, 0.15) is 6.10 Å². The minimum absolute atomic E-state index is 0.0348. The average molecular weight is 652 g/mol. The number of nitrogens with one attached hydrogen (secondary N) is 1. The van der Waals surface area contributed by atoms with Gasteiger partial charge in [0.05, 0.1) is 17.1 Å². The van der Waals surface area contributed by atoms with E-state index in [4.69, 9.17) is 21.9 Å². The van der Waals surface area contributed by atoms with Crippen LogP contribution in [0.5, 0.6) is 0 Å². The van der Waals surface area contributed by atoms with E-state index < -0.39 is 0 Å². The topological polar surface area (TPSA) is 53.9 Å². The fourth-order valence-electron chi connectivity index (χ4n) is 7.10. The van der Waals surface area contributed by atoms with Gasteiger partial charge >= 0.3 is 0 Å². The quantitative estimate of drug-likeness (QED) is 0.129. The van der Waals surface area contributed by atoms with Gasteiger partial charge in [-0.3, -0.25) is 4.79 Å². The highest BCUT2D eigenvalue weighted by Crippen LogP contribution is 2.35. The molecule has 0 radical (unpaired) electrons. The van der Waals surface area contributed by atoms with Crippen molar-refractivity contribution < 1.29 is 9.53 Å². The Morgan fingerprint density at radius 1 is 1.02 bits per heavy atom. The van der Waals surface area contributed by atoms with Gasteiger partial charge in [-0.15, -0.1) is 11.3 Å². The number of hydrogen-bond donors (Lipinski definition) is 1. The maximum absolute atomic E-state index is 14.1. The number of carbonyl (C=O) groups is 1. The molecule has 7 heteroatoms. The van der Waals surface area contributed by atoms with Gasteiger partial charge in [0.25, 0.3) is 0 Å². The van der Waals surface area contributed by atoms with Crippen molar-refractivity contribution in [3.8, 4) is 0 Å². The van der Waals surface area contributed by atoms with Crippen molar-refractivity contribution in [3.05, 3.63) is 58.3 Å². The smallest absolute Gasteiger partial charge is 0.223 e. The van der Waals surface area contributed by atoms with Crippen LogP contribution in [0.4, 0.5) is 0 Å². The van der Waals surface area contributed by atoms with E-state index in [-0.39, 0.29) is 30.0 Å². The third-order valence-electron chi connectivity index (χ3n) is 9.77. The molecule has 1 aromatic carbocycles. The lowest BCUT2D eigenvalue weighted by Gasteiger charge is -2.36. The summed E-state index contributed by atoms with van der Waals surface area (Å²) in [6.45, 7) is 10.1. The monoisotopic (exact) mass is 651 g/mol. The summed E-state index contributed by atoms with van der Waals surface area (Å²) in [6.07, 6.45) is 15.2. The summed E-state index contributed by atoms with van der Waals surface area (Å²) >= 11 is 7.80. The molecule has 248 valence electrons. The molecule has 0 spiro atoms. The Balaban J connectivity index is 1.39. The standard InChI is InChI=1S/C38H57N3O2S2/c1-5-7-8-9-11-15-30-19-21-31(22-20-30)26-35(42)41(23-6-2)34(38(44)39-27-33-18-14-24-45-33)25-28(3)37-40-29(4)36(43-37)32-16-12-10-13-17-32/h10,12-14,16-18,24,28-31,34,36H,5-9,11,15,19-23,25-27H2,1-4H3,(H,39,44)/t28?,29-,30?,31?,34-,36+/m0/s1. The summed E-state index contributed by atoms with van der Waals surface area (Å²) in [7, 11) is 0. The zero-order valence-electron chi connectivity index (χ0n) is 28.2. The summed E-state index contributed by atoms with van der Waals surface area (Å²) in [4.78, 5) is 23.1. The van der Waals surface area contributed by atoms with Crippen LogP contribution in [0.3, 0.4) is 0 Å². The van der Waals surface area contributed by atoms with Crippen LogP contribution in [-0.2, 0) is 16.1 Å². The van der Waals surface area contributed by atoms with E-state index in [0.29, 0.717) is 31.8 Å². The van der Waals surface area contributed by atoms with Crippen LogP contribution in [0, 0.1) is 17.8 Å². The number of aliphatic imine (C=N–C) groups is 1. The number of carbonyl (C=O) groups excluding carboxylic acids is 1. The molecule has 5 nitrogen and oxygen atoms in total. The van der Waals surface area contributed by atoms with Crippen LogP contribution in [0.25, 0.3) is 0 Å². The summed E-state index contributed by atoms with van der Waals surface area (Å²) in [5.41, 5.74) is 1.15. The highest BCUT2D eigenvalue weighted by atomic mass is 32.1. The number of unbranched alkanes of at least 4 members (excludes halogenated alkanes) is 4. The molecular weight excluding hydrogens is 595 g/mol. The van der Waals surface area contributed by atoms with Gasteiger partial charge in [-0.25, -0.2) is 4.99 Å². The molecule has 1 saturated carbocycles. The Morgan fingerprint density at radius 2 is 1.76 bits per heavy atom. The molecule has 1 aromatic heterocycles. The molecule has 1 N–H and O–H groups in total. The van der Waals surface area contributed by atoms with Crippen molar-refractivity contribution in [1.29, 1.82) is 0 Å². The predicted molar refractivity (Wildman–Crippen MR) is 194 cm³/mol. The molecular formula is C38H57N3O2S2. The van der Waals surface area contributed by atoms with Gasteiger partial charge < -0.3 is 15.0 Å². The first kappa shape index (κ1) is 35.6. The van der Waals surface area contributed by atoms with Crippen LogP contribution in [0.1, 0.15) is 128 Å². The maximum atomic E-state index is 14.1. The number of benzene rings is 1. The van der Waals surface area contributed by atoms with E-state index in [1.807, 2.05) is 6.07 Å². The van der Waals surface area contributed by atoms with Crippen LogP contribution < -0.4 is 5.32 Å². The van der Waals surface area contributed by atoms with E-state index >= 15 is 0 Å². The fourth-order valence-corrected chi connectivity index (χ4v) is 8.04. The lowest BCUT2D eigenvalue weighted by molar-refractivity contribution is -0.133. The Morgan fingerprint density at radius 3 is 2.44 bits per heavy atom. The summed E-state index contributed by atoms with van der Waals surface area (Å²) in [6, 6.07) is 14.4. The van der Waals surface area contributed by atoms with Crippen LogP contribution in [0.2, 0.25) is 0 Å². The largest absolute Gasteiger partial charge is 0.470 e. The molecule has 45 heavy (non-hydrogen) atoms. The number of ether oxygens (including phenoxy) is 1. The van der Waals surface area contributed by atoms with E-state index in [2.05, 4.69) is 79.7 Å². The SMILES string of the molecule is CCCCCCCC1CCC(CC(=O)N(CCC)[C@@H](CC(C)C2=N[C@@H](C)[C@H](c3ccccc3)O2)C(=S)NCc2cccs2)CC1. The first-order valence-corrected chi connectivity index (χ1v) is 19.1. The molecule has 0 bridgehead atoms. The van der Waals surface area contributed by atoms with E-state index in [9.17, 15) is 4.79 Å². The molecule has 4 rings (SSSR count). The van der Waals surface area contributed by atoms with Gasteiger partial charge in [0, 0.05) is 30.3 Å². The van der Waals surface area contributed by atoms with Crippen molar-refractivity contribution in [1.82, 2.24) is 10.2 Å². The van der Waals surface area contributed by atoms with Gasteiger partial charge in [-0.2, -0.15) is 0 Å². The molecule has 1 aliphatic carbocycles. The Bertz CT molecular complexity index is 1180. The number of hydrogen-bond acceptors (Lipinski definition) is 5. The Labute approximate surface area is 282 Å². The zero-order valence-corrected chi connectivity index (χ0v) is 29.8. The van der Waals surface area contributed by atoms with Gasteiger partial charge in [0.2, 0.25) is 5.91 Å². The molecule has 1 amide bonds. The molecule has 1 aliphatic heterocycles. The second kappa shape index (κ2) is 18.8. The number of nitrogens with zero attached hydrogens (tertiary/aromatic N) is 2. The number of rotatable bonds is 18. The molecule has 2 heterocycles. The first-order valence-electron chi connectivity index (χ1n) is 17.8. The van der Waals surface area contributed by atoms with E-state index in [1.165, 1.54) is 69.1 Å². The van der Waals surface area contributed by atoms with E-state index in [0.717, 1.165) is 28.8 Å². The Hall–Kier alpha value is -2.25. The van der Waals surface area contributed by atoms with Crippen LogP contribution in [0.15, 0.2) is 52.8 Å². The first-order chi connectivity index (χ1) is 21.9. The summed E-state index contributed by atoms with van der Waals surface area (Å²) < 4.78 is 6.48. The van der Waals surface area contributed by atoms with Crippen molar-refractivity contribution in [3.63, 3.8) is 0 Å². The summed E-state index contributed by atoms with van der Waals surface area (Å²) in [5.74, 6) is 2.39. The van der Waals surface area contributed by atoms with Gasteiger partial charge in [-0.05, 0) is 61.5 Å². The third kappa shape index (κ3) is 10.9. The maximum Gasteiger partial charge on any atom is 0.223 e. The zero-order chi connectivity index (χ0) is 32.0. The van der Waals surface area contributed by atoms with Crippen molar-refractivity contribution in [2.75, 3.05) is 6.54 Å². The lowest BCUT2D eigenvalue weighted by atomic mass is 9.78. The molecule has 2 aliphatic rings. The van der Waals surface area contributed by atoms with Crippen molar-refractivity contribution in [2.45, 2.75) is 136 Å². The normalized spacial score (nSPS) is 22.7. The average Bonchev–Trinajstić information content (AvgIpc) is 3.72. The van der Waals surface area contributed by atoms with Gasteiger partial charge in [0.15, 0.2) is 5.90 Å². The second-order valence-electron chi connectivity index (χ2n) is 13.5. The van der Waals surface area contributed by atoms with Crippen LogP contribution >= 0.6 is 23.6 Å². The molecule has 4 atom stereocenters. The third-order valence-corrected chi connectivity index (χ3v) is 11.1. The molecule has 1 fully saturated rings. The van der Waals surface area contributed by atoms with Crippen molar-refractivity contribution in [2.24, 2.45) is 22.7 Å². The highest BCUT2D eigenvalue weighted by Gasteiger charge is 2.36. The summed E-state index contributed by atoms with van der Waals surface area (Å²) in [5, 5.41) is 5.62. The molecule has 2 aromatic rings. The highest BCUT2D eigenvalue weighted by molar-refractivity contribution is 7.80. The fraction of sp³-hybridized carbons (Fsp3) is 0.658. The number of amides is 1. The lowest BCUT2D eigenvalue weighted by Crippen LogP contribution is -2.50. The van der Waals surface area contributed by atoms with Crippen LogP contribution in [-0.4, -0.2) is 40.3 Å². The second-order valence-corrected chi connectivity index (χ2v) is 15.0. The Kier molecular flexibility index (Phi) is 14.9. The minimum atomic E-state index is -0.195. The van der Waals surface area contributed by atoms with Gasteiger partial charge in [-0.1, -0.05) is 121 Å². The number of thiocarbonyl (C=S) groups is 1. The molecule has 0 saturated heterocycles. The van der Waals surface area contributed by atoms with Crippen molar-refractivity contribution >= 4 is 40.3 Å². The number of thiophene rings is 1. The predicted octanol–water partition coefficient (Wildman–Crippen LogP) is 9.91. The van der Waals surface area contributed by atoms with E-state index in [1.54, 1.807) is 11.3 Å². The molecule has 1 unspecified atom stereocenters.